The zero-order valence-electron chi connectivity index (χ0n) is 10.1. The number of nitrogens with two attached hydrogens (primary N) is 1. The maximum absolute atomic E-state index is 10.6. The predicted molar refractivity (Wildman–Crippen MR) is 67.5 cm³/mol. The van der Waals surface area contributed by atoms with Crippen molar-refractivity contribution >= 4 is 17.3 Å². The monoisotopic (exact) mass is 238 g/mol. The van der Waals surface area contributed by atoms with Crippen LogP contribution in [0.15, 0.2) is 18.2 Å². The Hall–Kier alpha value is -1.91. The molecule has 5 heteroatoms. The van der Waals surface area contributed by atoms with Gasteiger partial charge in [0.1, 0.15) is 12.3 Å². The number of carboxylic acid groups (broad SMARTS) is 1. The van der Waals surface area contributed by atoms with Crippen LogP contribution < -0.4 is 15.4 Å². The summed E-state index contributed by atoms with van der Waals surface area (Å²) in [6.07, 6.45) is 0.897. The average molecular weight is 238 g/mol. The van der Waals surface area contributed by atoms with Crippen molar-refractivity contribution in [2.45, 2.75) is 13.3 Å². The van der Waals surface area contributed by atoms with Gasteiger partial charge in [-0.2, -0.15) is 0 Å². The summed E-state index contributed by atoms with van der Waals surface area (Å²) in [5, 5.41) is 8.73. The smallest absolute Gasteiger partial charge is 0.323 e. The average Bonchev–Trinajstić information content (AvgIpc) is 2.26. The van der Waals surface area contributed by atoms with E-state index in [9.17, 15) is 4.79 Å². The summed E-state index contributed by atoms with van der Waals surface area (Å²) in [4.78, 5) is 12.2. The minimum Gasteiger partial charge on any atom is -0.491 e. The fourth-order valence-electron chi connectivity index (χ4n) is 1.49. The molecular formula is C12H18N2O3. The molecule has 94 valence electrons. The molecule has 0 fully saturated rings. The van der Waals surface area contributed by atoms with Crippen molar-refractivity contribution in [1.29, 1.82) is 0 Å². The molecule has 5 nitrogen and oxygen atoms in total. The van der Waals surface area contributed by atoms with Crippen LogP contribution in [0.3, 0.4) is 0 Å². The Morgan fingerprint density at radius 2 is 2.24 bits per heavy atom. The molecule has 0 amide bonds. The SMILES string of the molecule is CCCOc1cccc(N(C)CC(=O)O)c1N. The summed E-state index contributed by atoms with van der Waals surface area (Å²) in [5.74, 6) is -0.298. The molecule has 0 aliphatic rings. The molecule has 17 heavy (non-hydrogen) atoms. The summed E-state index contributed by atoms with van der Waals surface area (Å²) in [6, 6.07) is 5.36. The first-order valence-corrected chi connectivity index (χ1v) is 5.50. The lowest BCUT2D eigenvalue weighted by Crippen LogP contribution is -2.26. The van der Waals surface area contributed by atoms with Crippen LogP contribution in [0.4, 0.5) is 11.4 Å². The summed E-state index contributed by atoms with van der Waals surface area (Å²) in [7, 11) is 1.68. The number of carboxylic acids is 1. The summed E-state index contributed by atoms with van der Waals surface area (Å²) >= 11 is 0. The van der Waals surface area contributed by atoms with Gasteiger partial charge in [0.05, 0.1) is 18.0 Å². The number of anilines is 2. The van der Waals surface area contributed by atoms with Crippen LogP contribution in [-0.4, -0.2) is 31.3 Å². The number of likely N-dealkylation sites (N-methyl/N-ethyl adjacent to an activating group) is 1. The minimum absolute atomic E-state index is 0.0958. The van der Waals surface area contributed by atoms with Crippen LogP contribution in [0.1, 0.15) is 13.3 Å². The van der Waals surface area contributed by atoms with E-state index < -0.39 is 5.97 Å². The number of para-hydroxylation sites is 1. The topological polar surface area (TPSA) is 75.8 Å². The molecule has 0 unspecified atom stereocenters. The number of rotatable bonds is 6. The van der Waals surface area contributed by atoms with Gasteiger partial charge < -0.3 is 20.5 Å². The van der Waals surface area contributed by atoms with Gasteiger partial charge in [0.15, 0.2) is 0 Å². The van der Waals surface area contributed by atoms with Gasteiger partial charge in [-0.3, -0.25) is 4.79 Å². The molecule has 3 N–H and O–H groups in total. The molecule has 0 saturated heterocycles. The number of ether oxygens (including phenoxy) is 1. The van der Waals surface area contributed by atoms with Gasteiger partial charge in [-0.15, -0.1) is 0 Å². The molecule has 0 aromatic heterocycles. The molecule has 0 radical (unpaired) electrons. The van der Waals surface area contributed by atoms with E-state index in [0.29, 0.717) is 23.7 Å². The second-order valence-corrected chi connectivity index (χ2v) is 3.79. The Bertz CT molecular complexity index is 393. The van der Waals surface area contributed by atoms with E-state index in [0.717, 1.165) is 6.42 Å². The molecule has 1 aromatic carbocycles. The number of benzene rings is 1. The fraction of sp³-hybridized carbons (Fsp3) is 0.417. The highest BCUT2D eigenvalue weighted by atomic mass is 16.5. The predicted octanol–water partition coefficient (Wildman–Crippen LogP) is 1.58. The first-order chi connectivity index (χ1) is 8.06. The van der Waals surface area contributed by atoms with Gasteiger partial charge in [0, 0.05) is 7.05 Å². The molecule has 1 aromatic rings. The Morgan fingerprint density at radius 3 is 2.82 bits per heavy atom. The maximum Gasteiger partial charge on any atom is 0.323 e. The van der Waals surface area contributed by atoms with Crippen LogP contribution >= 0.6 is 0 Å². The van der Waals surface area contributed by atoms with Crippen molar-refractivity contribution in [1.82, 2.24) is 0 Å². The Labute approximate surface area is 101 Å². The third kappa shape index (κ3) is 3.55. The summed E-state index contributed by atoms with van der Waals surface area (Å²) in [5.41, 5.74) is 7.09. The first kappa shape index (κ1) is 13.2. The summed E-state index contributed by atoms with van der Waals surface area (Å²) < 4.78 is 5.48. The second kappa shape index (κ2) is 5.98. The molecule has 0 aliphatic heterocycles. The van der Waals surface area contributed by atoms with Gasteiger partial charge >= 0.3 is 5.97 Å². The van der Waals surface area contributed by atoms with Gasteiger partial charge in [-0.25, -0.2) is 0 Å². The van der Waals surface area contributed by atoms with Gasteiger partial charge in [0.25, 0.3) is 0 Å². The highest BCUT2D eigenvalue weighted by molar-refractivity contribution is 5.79. The lowest BCUT2D eigenvalue weighted by atomic mass is 10.2. The van der Waals surface area contributed by atoms with E-state index in [2.05, 4.69) is 0 Å². The second-order valence-electron chi connectivity index (χ2n) is 3.79. The number of carbonyl (C=O) groups is 1. The zero-order chi connectivity index (χ0) is 12.8. The van der Waals surface area contributed by atoms with Crippen LogP contribution in [0.5, 0.6) is 5.75 Å². The molecule has 0 heterocycles. The highest BCUT2D eigenvalue weighted by Crippen LogP contribution is 2.31. The van der Waals surface area contributed by atoms with E-state index in [-0.39, 0.29) is 6.54 Å². The molecule has 0 spiro atoms. The van der Waals surface area contributed by atoms with Crippen LogP contribution in [-0.2, 0) is 4.79 Å². The minimum atomic E-state index is -0.897. The van der Waals surface area contributed by atoms with E-state index in [1.54, 1.807) is 30.1 Å². The van der Waals surface area contributed by atoms with Crippen LogP contribution in [0, 0.1) is 0 Å². The number of nitrogens with zero attached hydrogens (tertiary/aromatic N) is 1. The normalized spacial score (nSPS) is 10.0. The standard InChI is InChI=1S/C12H18N2O3/c1-3-7-17-10-6-4-5-9(12(10)13)14(2)8-11(15)16/h4-6H,3,7-8,13H2,1-2H3,(H,15,16). The van der Waals surface area contributed by atoms with Gasteiger partial charge in [0.2, 0.25) is 0 Å². The third-order valence-corrected chi connectivity index (χ3v) is 2.29. The fourth-order valence-corrected chi connectivity index (χ4v) is 1.49. The molecule has 1 rings (SSSR count). The van der Waals surface area contributed by atoms with Crippen LogP contribution in [0.25, 0.3) is 0 Å². The number of nitrogen functional groups attached to an aromatic ring is 1. The van der Waals surface area contributed by atoms with Crippen molar-refractivity contribution in [3.8, 4) is 5.75 Å². The number of hydrogen-bond donors (Lipinski definition) is 2. The quantitative estimate of drug-likeness (QED) is 0.736. The molecule has 0 atom stereocenters. The van der Waals surface area contributed by atoms with Crippen molar-refractivity contribution in [2.75, 3.05) is 30.8 Å². The van der Waals surface area contributed by atoms with Crippen molar-refractivity contribution in [2.24, 2.45) is 0 Å². The first-order valence-electron chi connectivity index (χ1n) is 5.50. The molecule has 0 saturated carbocycles. The molecule has 0 aliphatic carbocycles. The summed E-state index contributed by atoms with van der Waals surface area (Å²) in [6.45, 7) is 2.51. The largest absolute Gasteiger partial charge is 0.491 e. The van der Waals surface area contributed by atoms with E-state index in [4.69, 9.17) is 15.6 Å². The van der Waals surface area contributed by atoms with Crippen molar-refractivity contribution in [3.63, 3.8) is 0 Å². The van der Waals surface area contributed by atoms with Gasteiger partial charge in [-0.05, 0) is 18.6 Å². The van der Waals surface area contributed by atoms with Crippen LogP contribution in [0.2, 0.25) is 0 Å². The highest BCUT2D eigenvalue weighted by Gasteiger charge is 2.12. The Balaban J connectivity index is 2.89. The van der Waals surface area contributed by atoms with Crippen molar-refractivity contribution in [3.05, 3.63) is 18.2 Å². The molecular weight excluding hydrogens is 220 g/mol. The Kier molecular flexibility index (Phi) is 4.63. The van der Waals surface area contributed by atoms with E-state index >= 15 is 0 Å². The van der Waals surface area contributed by atoms with E-state index in [1.165, 1.54) is 0 Å². The van der Waals surface area contributed by atoms with E-state index in [1.807, 2.05) is 6.92 Å². The maximum atomic E-state index is 10.6. The lowest BCUT2D eigenvalue weighted by molar-refractivity contribution is -0.135. The lowest BCUT2D eigenvalue weighted by Gasteiger charge is -2.20. The Morgan fingerprint density at radius 1 is 1.53 bits per heavy atom. The zero-order valence-corrected chi connectivity index (χ0v) is 10.1. The van der Waals surface area contributed by atoms with Crippen molar-refractivity contribution < 1.29 is 14.6 Å². The third-order valence-electron chi connectivity index (χ3n) is 2.29. The number of aliphatic carboxylic acids is 1. The number of hydrogen-bond acceptors (Lipinski definition) is 4. The van der Waals surface area contributed by atoms with Gasteiger partial charge in [-0.1, -0.05) is 13.0 Å². The molecule has 0 bridgehead atoms.